The van der Waals surface area contributed by atoms with Crippen molar-refractivity contribution < 1.29 is 9.18 Å². The molecular weight excluding hydrogens is 371 g/mol. The lowest BCUT2D eigenvalue weighted by Gasteiger charge is -2.19. The van der Waals surface area contributed by atoms with Crippen LogP contribution in [0.4, 0.5) is 4.39 Å². The number of nitrogens with one attached hydrogen (secondary N) is 1. The largest absolute Gasteiger partial charge is 0.352 e. The van der Waals surface area contributed by atoms with Crippen molar-refractivity contribution in [3.63, 3.8) is 0 Å². The smallest absolute Gasteiger partial charge is 0.251 e. The van der Waals surface area contributed by atoms with Gasteiger partial charge in [0.25, 0.3) is 5.91 Å². The van der Waals surface area contributed by atoms with E-state index in [1.54, 1.807) is 23.5 Å². The van der Waals surface area contributed by atoms with Crippen LogP contribution in [0.3, 0.4) is 0 Å². The van der Waals surface area contributed by atoms with Crippen LogP contribution in [0.1, 0.15) is 47.3 Å². The van der Waals surface area contributed by atoms with Gasteiger partial charge in [0.05, 0.1) is 5.69 Å². The summed E-state index contributed by atoms with van der Waals surface area (Å²) in [6, 6.07) is 14.1. The van der Waals surface area contributed by atoms with Gasteiger partial charge in [0.1, 0.15) is 10.8 Å². The van der Waals surface area contributed by atoms with E-state index in [9.17, 15) is 9.18 Å². The highest BCUT2D eigenvalue weighted by Gasteiger charge is 2.14. The molecule has 0 saturated heterocycles. The van der Waals surface area contributed by atoms with Gasteiger partial charge < -0.3 is 5.32 Å². The number of amides is 1. The highest BCUT2D eigenvalue weighted by atomic mass is 32.1. The summed E-state index contributed by atoms with van der Waals surface area (Å²) in [5.74, 6) is -0.322. The number of hydrogen-bond donors (Lipinski definition) is 1. The quantitative estimate of drug-likeness (QED) is 0.616. The predicted octanol–water partition coefficient (Wildman–Crippen LogP) is 5.53. The average Bonchev–Trinajstić information content (AvgIpc) is 3.02. The molecule has 5 heteroatoms. The summed E-state index contributed by atoms with van der Waals surface area (Å²) in [5, 5.41) is 3.85. The van der Waals surface area contributed by atoms with E-state index in [0.717, 1.165) is 27.6 Å². The van der Waals surface area contributed by atoms with Gasteiger partial charge >= 0.3 is 0 Å². The Hall–Kier alpha value is -2.53. The standard InChI is InChI=1S/C23H25FN2OS/c1-15-20(28-22(26-15)17-7-11-19(24)12-8-17)13-14-25-21(27)16-5-9-18(10-6-16)23(2,3)4/h5-12H,13-14H2,1-4H3,(H,25,27). The normalized spacial score (nSPS) is 11.5. The highest BCUT2D eigenvalue weighted by Crippen LogP contribution is 2.28. The Bertz CT molecular complexity index is 954. The molecule has 146 valence electrons. The van der Waals surface area contributed by atoms with E-state index in [0.29, 0.717) is 12.1 Å². The predicted molar refractivity (Wildman–Crippen MR) is 113 cm³/mol. The molecule has 0 bridgehead atoms. The Morgan fingerprint density at radius 3 is 2.32 bits per heavy atom. The van der Waals surface area contributed by atoms with Crippen LogP contribution < -0.4 is 5.32 Å². The molecule has 0 fully saturated rings. The Balaban J connectivity index is 1.59. The second-order valence-electron chi connectivity index (χ2n) is 7.87. The number of hydrogen-bond acceptors (Lipinski definition) is 3. The minimum atomic E-state index is -0.254. The molecule has 0 aliphatic rings. The second-order valence-corrected chi connectivity index (χ2v) is 8.95. The summed E-state index contributed by atoms with van der Waals surface area (Å²) in [6.07, 6.45) is 0.719. The van der Waals surface area contributed by atoms with Crippen LogP contribution in [0.15, 0.2) is 48.5 Å². The number of rotatable bonds is 5. The van der Waals surface area contributed by atoms with E-state index in [2.05, 4.69) is 31.1 Å². The van der Waals surface area contributed by atoms with Gasteiger partial charge in [-0.25, -0.2) is 9.37 Å². The summed E-state index contributed by atoms with van der Waals surface area (Å²) in [4.78, 5) is 18.1. The lowest BCUT2D eigenvalue weighted by Crippen LogP contribution is -2.25. The first-order chi connectivity index (χ1) is 13.2. The van der Waals surface area contributed by atoms with E-state index in [4.69, 9.17) is 0 Å². The van der Waals surface area contributed by atoms with Crippen molar-refractivity contribution in [1.82, 2.24) is 10.3 Å². The van der Waals surface area contributed by atoms with Crippen LogP contribution in [0.25, 0.3) is 10.6 Å². The third kappa shape index (κ3) is 4.84. The molecule has 3 aromatic rings. The van der Waals surface area contributed by atoms with Crippen molar-refractivity contribution >= 4 is 17.2 Å². The van der Waals surface area contributed by atoms with E-state index >= 15 is 0 Å². The summed E-state index contributed by atoms with van der Waals surface area (Å²) < 4.78 is 13.1. The van der Waals surface area contributed by atoms with Gasteiger partial charge in [0, 0.05) is 29.0 Å². The van der Waals surface area contributed by atoms with Crippen molar-refractivity contribution in [2.75, 3.05) is 6.54 Å². The Labute approximate surface area is 169 Å². The third-order valence-electron chi connectivity index (χ3n) is 4.63. The first-order valence-electron chi connectivity index (χ1n) is 9.35. The maximum absolute atomic E-state index is 13.1. The maximum Gasteiger partial charge on any atom is 0.251 e. The van der Waals surface area contributed by atoms with Crippen LogP contribution in [-0.2, 0) is 11.8 Å². The lowest BCUT2D eigenvalue weighted by molar-refractivity contribution is 0.0954. The molecule has 0 saturated carbocycles. The molecule has 1 aromatic heterocycles. The minimum Gasteiger partial charge on any atom is -0.352 e. The number of thiazole rings is 1. The summed E-state index contributed by atoms with van der Waals surface area (Å²) in [5.41, 5.74) is 3.80. The van der Waals surface area contributed by atoms with Gasteiger partial charge in [-0.2, -0.15) is 0 Å². The van der Waals surface area contributed by atoms with Crippen LogP contribution in [0.2, 0.25) is 0 Å². The molecule has 3 rings (SSSR count). The van der Waals surface area contributed by atoms with Crippen LogP contribution in [-0.4, -0.2) is 17.4 Å². The molecule has 0 atom stereocenters. The van der Waals surface area contributed by atoms with Gasteiger partial charge in [-0.1, -0.05) is 32.9 Å². The number of aryl methyl sites for hydroxylation is 1. The third-order valence-corrected chi connectivity index (χ3v) is 5.90. The zero-order chi connectivity index (χ0) is 20.3. The fourth-order valence-corrected chi connectivity index (χ4v) is 3.96. The van der Waals surface area contributed by atoms with Crippen LogP contribution in [0.5, 0.6) is 0 Å². The first kappa shape index (κ1) is 20.2. The number of carbonyl (C=O) groups is 1. The number of carbonyl (C=O) groups excluding carboxylic acids is 1. The number of halogens is 1. The molecular formula is C23H25FN2OS. The van der Waals surface area contributed by atoms with Crippen molar-refractivity contribution in [1.29, 1.82) is 0 Å². The molecule has 1 amide bonds. The van der Waals surface area contributed by atoms with Crippen LogP contribution in [0, 0.1) is 12.7 Å². The first-order valence-corrected chi connectivity index (χ1v) is 10.2. The monoisotopic (exact) mass is 396 g/mol. The summed E-state index contributed by atoms with van der Waals surface area (Å²) in [7, 11) is 0. The van der Waals surface area contributed by atoms with Crippen LogP contribution >= 0.6 is 11.3 Å². The van der Waals surface area contributed by atoms with E-state index in [-0.39, 0.29) is 17.1 Å². The molecule has 0 aliphatic heterocycles. The molecule has 28 heavy (non-hydrogen) atoms. The minimum absolute atomic E-state index is 0.0682. The Morgan fingerprint density at radius 1 is 1.07 bits per heavy atom. The molecule has 1 N–H and O–H groups in total. The van der Waals surface area contributed by atoms with Crippen molar-refractivity contribution in [3.8, 4) is 10.6 Å². The number of benzene rings is 2. The summed E-state index contributed by atoms with van der Waals surface area (Å²) >= 11 is 1.59. The fourth-order valence-electron chi connectivity index (χ4n) is 2.89. The number of nitrogens with zero attached hydrogens (tertiary/aromatic N) is 1. The molecule has 0 radical (unpaired) electrons. The molecule has 0 unspecified atom stereocenters. The zero-order valence-electron chi connectivity index (χ0n) is 16.7. The Morgan fingerprint density at radius 2 is 1.71 bits per heavy atom. The molecule has 1 heterocycles. The molecule has 3 nitrogen and oxygen atoms in total. The topological polar surface area (TPSA) is 42.0 Å². The van der Waals surface area contributed by atoms with Gasteiger partial charge in [-0.05, 0) is 54.3 Å². The van der Waals surface area contributed by atoms with Crippen molar-refractivity contribution in [3.05, 3.63) is 76.0 Å². The zero-order valence-corrected chi connectivity index (χ0v) is 17.5. The van der Waals surface area contributed by atoms with Gasteiger partial charge in [-0.15, -0.1) is 11.3 Å². The van der Waals surface area contributed by atoms with Crippen molar-refractivity contribution in [2.24, 2.45) is 0 Å². The number of aromatic nitrogens is 1. The van der Waals surface area contributed by atoms with E-state index in [1.807, 2.05) is 31.2 Å². The second kappa shape index (κ2) is 8.23. The van der Waals surface area contributed by atoms with Gasteiger partial charge in [-0.3, -0.25) is 4.79 Å². The van der Waals surface area contributed by atoms with Gasteiger partial charge in [0.2, 0.25) is 0 Å². The fraction of sp³-hybridized carbons (Fsp3) is 0.304. The Kier molecular flexibility index (Phi) is 5.94. The lowest BCUT2D eigenvalue weighted by atomic mass is 9.87. The maximum atomic E-state index is 13.1. The van der Waals surface area contributed by atoms with Gasteiger partial charge in [0.15, 0.2) is 0 Å². The molecule has 0 spiro atoms. The van der Waals surface area contributed by atoms with Crippen molar-refractivity contribution in [2.45, 2.75) is 39.5 Å². The van der Waals surface area contributed by atoms with E-state index in [1.165, 1.54) is 17.7 Å². The SMILES string of the molecule is Cc1nc(-c2ccc(F)cc2)sc1CCNC(=O)c1ccc(C(C)(C)C)cc1. The average molecular weight is 397 g/mol. The highest BCUT2D eigenvalue weighted by molar-refractivity contribution is 7.15. The molecule has 0 aliphatic carbocycles. The summed E-state index contributed by atoms with van der Waals surface area (Å²) in [6.45, 7) is 8.97. The molecule has 2 aromatic carbocycles. The van der Waals surface area contributed by atoms with E-state index < -0.39 is 0 Å².